The number of carbonyl (C=O) groups is 2. The van der Waals surface area contributed by atoms with Gasteiger partial charge in [-0.3, -0.25) is 9.59 Å². The number of nitrogens with zero attached hydrogens (tertiary/aromatic N) is 2. The van der Waals surface area contributed by atoms with Gasteiger partial charge in [0.05, 0.1) is 41.8 Å². The molecule has 1 amide bonds. The van der Waals surface area contributed by atoms with E-state index in [1.807, 2.05) is 42.5 Å². The molecule has 1 heterocycles. The molecule has 4 rings (SSSR count). The molecule has 1 aromatic heterocycles. The molecule has 1 N–H and O–H groups in total. The zero-order chi connectivity index (χ0) is 21.1. The lowest BCUT2D eigenvalue weighted by molar-refractivity contribution is -0.125. The highest BCUT2D eigenvalue weighted by Crippen LogP contribution is 2.48. The maximum atomic E-state index is 12.2. The lowest BCUT2D eigenvalue weighted by atomic mass is 10.0. The highest BCUT2D eigenvalue weighted by atomic mass is 32.1. The van der Waals surface area contributed by atoms with Crippen molar-refractivity contribution in [3.63, 3.8) is 0 Å². The molecule has 0 radical (unpaired) electrons. The number of carbonyl (C=O) groups excluding carboxylic acids is 2. The number of hydrogen-bond acceptors (Lipinski definition) is 6. The van der Waals surface area contributed by atoms with E-state index >= 15 is 0 Å². The molecule has 0 spiro atoms. The first kappa shape index (κ1) is 20.0. The van der Waals surface area contributed by atoms with E-state index in [1.165, 1.54) is 11.3 Å². The Hall–Kier alpha value is -3.24. The predicted octanol–water partition coefficient (Wildman–Crippen LogP) is 3.89. The van der Waals surface area contributed by atoms with Crippen LogP contribution >= 0.6 is 11.3 Å². The van der Waals surface area contributed by atoms with Crippen molar-refractivity contribution in [2.75, 3.05) is 13.7 Å². The Balaban J connectivity index is 1.37. The number of fused-ring (bicyclic) bond motifs is 1. The van der Waals surface area contributed by atoms with Crippen molar-refractivity contribution in [2.24, 2.45) is 5.41 Å². The maximum absolute atomic E-state index is 12.2. The number of ether oxygens (including phenoxy) is 1. The third-order valence-electron chi connectivity index (χ3n) is 5.28. The van der Waals surface area contributed by atoms with Crippen LogP contribution in [0.25, 0.3) is 21.3 Å². The van der Waals surface area contributed by atoms with Gasteiger partial charge >= 0.3 is 0 Å². The lowest BCUT2D eigenvalue weighted by Gasteiger charge is -2.06. The number of ketones is 1. The van der Waals surface area contributed by atoms with E-state index in [0.29, 0.717) is 5.01 Å². The van der Waals surface area contributed by atoms with Crippen LogP contribution in [0.1, 0.15) is 24.3 Å². The molecule has 1 saturated carbocycles. The van der Waals surface area contributed by atoms with Gasteiger partial charge in [0.25, 0.3) is 0 Å². The molecule has 6 nitrogen and oxygen atoms in total. The first-order valence-corrected chi connectivity index (χ1v) is 10.6. The van der Waals surface area contributed by atoms with Crippen molar-refractivity contribution in [3.8, 4) is 22.9 Å². The molecule has 0 aliphatic heterocycles. The molecule has 0 atom stereocenters. The van der Waals surface area contributed by atoms with Crippen LogP contribution in [0.2, 0.25) is 0 Å². The summed E-state index contributed by atoms with van der Waals surface area (Å²) in [6, 6.07) is 16.1. The minimum Gasteiger partial charge on any atom is -0.497 e. The van der Waals surface area contributed by atoms with Crippen molar-refractivity contribution in [2.45, 2.75) is 25.7 Å². The second kappa shape index (κ2) is 8.25. The third-order valence-corrected chi connectivity index (χ3v) is 6.31. The summed E-state index contributed by atoms with van der Waals surface area (Å²) < 4.78 is 6.21. The van der Waals surface area contributed by atoms with Crippen LogP contribution in [0, 0.1) is 16.7 Å². The number of amides is 1. The quantitative estimate of drug-likeness (QED) is 0.598. The summed E-state index contributed by atoms with van der Waals surface area (Å²) in [6.07, 6.45) is 1.90. The van der Waals surface area contributed by atoms with Gasteiger partial charge in [0.1, 0.15) is 10.8 Å². The second-order valence-corrected chi connectivity index (χ2v) is 8.69. The van der Waals surface area contributed by atoms with Crippen molar-refractivity contribution >= 4 is 33.2 Å². The number of benzene rings is 2. The summed E-state index contributed by atoms with van der Waals surface area (Å²) >= 11 is 1.47. The standard InChI is InChI=1S/C23H21N3O3S/c1-29-18-5-2-15(3-6-18)16-4-7-20-19(10-16)26-22(30-20)11-21(28)25-13-17(27)12-23(14-24)8-9-23/h2-7,10H,8-9,11-13H2,1H3,(H,25,28). The van der Waals surface area contributed by atoms with Gasteiger partial charge in [-0.1, -0.05) is 18.2 Å². The van der Waals surface area contributed by atoms with Crippen LogP contribution in [-0.4, -0.2) is 30.3 Å². The van der Waals surface area contributed by atoms with E-state index in [0.717, 1.165) is 39.9 Å². The van der Waals surface area contributed by atoms with Gasteiger partial charge in [0.15, 0.2) is 5.78 Å². The topological polar surface area (TPSA) is 92.1 Å². The Labute approximate surface area is 178 Å². The highest BCUT2D eigenvalue weighted by Gasteiger charge is 2.44. The normalized spacial score (nSPS) is 14.1. The molecular weight excluding hydrogens is 398 g/mol. The van der Waals surface area contributed by atoms with Crippen LogP contribution in [-0.2, 0) is 16.0 Å². The maximum Gasteiger partial charge on any atom is 0.227 e. The lowest BCUT2D eigenvalue weighted by Crippen LogP contribution is -2.31. The van der Waals surface area contributed by atoms with E-state index in [9.17, 15) is 9.59 Å². The van der Waals surface area contributed by atoms with E-state index in [-0.39, 0.29) is 31.1 Å². The fourth-order valence-corrected chi connectivity index (χ4v) is 4.28. The van der Waals surface area contributed by atoms with E-state index in [4.69, 9.17) is 10.00 Å². The number of thiazole rings is 1. The van der Waals surface area contributed by atoms with Gasteiger partial charge in [-0.2, -0.15) is 5.26 Å². The SMILES string of the molecule is COc1ccc(-c2ccc3sc(CC(=O)NCC(=O)CC4(C#N)CC4)nc3c2)cc1. The molecule has 0 saturated heterocycles. The van der Waals surface area contributed by atoms with Crippen molar-refractivity contribution in [3.05, 3.63) is 47.5 Å². The molecule has 7 heteroatoms. The van der Waals surface area contributed by atoms with Gasteiger partial charge in [0, 0.05) is 6.42 Å². The minimum atomic E-state index is -0.476. The molecule has 1 fully saturated rings. The summed E-state index contributed by atoms with van der Waals surface area (Å²) in [6.45, 7) is -0.0330. The van der Waals surface area contributed by atoms with E-state index < -0.39 is 5.41 Å². The zero-order valence-corrected chi connectivity index (χ0v) is 17.4. The van der Waals surface area contributed by atoms with Gasteiger partial charge in [-0.05, 0) is 48.2 Å². The molecule has 1 aliphatic rings. The number of aromatic nitrogens is 1. The van der Waals surface area contributed by atoms with Gasteiger partial charge in [-0.15, -0.1) is 11.3 Å². The monoisotopic (exact) mass is 419 g/mol. The Bertz CT molecular complexity index is 1140. The average molecular weight is 420 g/mol. The Morgan fingerprint density at radius 1 is 1.20 bits per heavy atom. The average Bonchev–Trinajstić information content (AvgIpc) is 3.42. The van der Waals surface area contributed by atoms with Crippen LogP contribution in [0.15, 0.2) is 42.5 Å². The summed E-state index contributed by atoms with van der Waals surface area (Å²) in [7, 11) is 1.64. The molecule has 3 aromatic rings. The molecule has 2 aromatic carbocycles. The van der Waals surface area contributed by atoms with E-state index in [2.05, 4.69) is 16.4 Å². The van der Waals surface area contributed by atoms with Gasteiger partial charge < -0.3 is 10.1 Å². The fraction of sp³-hybridized carbons (Fsp3) is 0.304. The number of hydrogen-bond donors (Lipinski definition) is 1. The van der Waals surface area contributed by atoms with Crippen LogP contribution in [0.3, 0.4) is 0 Å². The molecule has 152 valence electrons. The largest absolute Gasteiger partial charge is 0.497 e. The van der Waals surface area contributed by atoms with Crippen molar-refractivity contribution < 1.29 is 14.3 Å². The summed E-state index contributed by atoms with van der Waals surface area (Å²) in [5, 5.41) is 12.4. The van der Waals surface area contributed by atoms with Crippen molar-refractivity contribution in [1.82, 2.24) is 10.3 Å². The summed E-state index contributed by atoms with van der Waals surface area (Å²) in [5.41, 5.74) is 2.48. The Kier molecular flexibility index (Phi) is 5.51. The van der Waals surface area contributed by atoms with Crippen molar-refractivity contribution in [1.29, 1.82) is 5.26 Å². The van der Waals surface area contributed by atoms with Crippen LogP contribution < -0.4 is 10.1 Å². The number of methoxy groups -OCH3 is 1. The molecule has 0 unspecified atom stereocenters. The molecule has 1 aliphatic carbocycles. The molecular formula is C23H21N3O3S. The third kappa shape index (κ3) is 4.50. The Morgan fingerprint density at radius 3 is 2.60 bits per heavy atom. The minimum absolute atomic E-state index is 0.0330. The fourth-order valence-electron chi connectivity index (χ4n) is 3.33. The Morgan fingerprint density at radius 2 is 1.93 bits per heavy atom. The number of Topliss-reactive ketones (excluding diaryl/α,β-unsaturated/α-hetero) is 1. The second-order valence-electron chi connectivity index (χ2n) is 7.58. The van der Waals surface area contributed by atoms with Gasteiger partial charge in [0.2, 0.25) is 5.91 Å². The van der Waals surface area contributed by atoms with E-state index in [1.54, 1.807) is 7.11 Å². The van der Waals surface area contributed by atoms with Crippen LogP contribution in [0.4, 0.5) is 0 Å². The first-order valence-electron chi connectivity index (χ1n) is 9.74. The smallest absolute Gasteiger partial charge is 0.227 e. The highest BCUT2D eigenvalue weighted by molar-refractivity contribution is 7.18. The van der Waals surface area contributed by atoms with Gasteiger partial charge in [-0.25, -0.2) is 4.98 Å². The number of nitriles is 1. The van der Waals surface area contributed by atoms with Crippen LogP contribution in [0.5, 0.6) is 5.75 Å². The predicted molar refractivity (Wildman–Crippen MR) is 115 cm³/mol. The molecule has 30 heavy (non-hydrogen) atoms. The number of nitrogens with one attached hydrogen (secondary N) is 1. The zero-order valence-electron chi connectivity index (χ0n) is 16.6. The molecule has 0 bridgehead atoms. The first-order chi connectivity index (χ1) is 14.5. The summed E-state index contributed by atoms with van der Waals surface area (Å²) in [4.78, 5) is 28.8. The summed E-state index contributed by atoms with van der Waals surface area (Å²) in [5.74, 6) is 0.468. The number of rotatable bonds is 8.